The molecular weight excluding hydrogens is 392 g/mol. The number of anilines is 2. The zero-order chi connectivity index (χ0) is 21.4. The van der Waals surface area contributed by atoms with Crippen LogP contribution in [0.4, 0.5) is 16.3 Å². The van der Waals surface area contributed by atoms with E-state index in [-0.39, 0.29) is 6.03 Å². The van der Waals surface area contributed by atoms with Crippen molar-refractivity contribution < 1.29 is 9.53 Å². The third-order valence-corrected chi connectivity index (χ3v) is 5.26. The van der Waals surface area contributed by atoms with Crippen LogP contribution in [0, 0.1) is 0 Å². The summed E-state index contributed by atoms with van der Waals surface area (Å²) < 4.78 is 7.46. The van der Waals surface area contributed by atoms with Crippen LogP contribution in [-0.2, 0) is 13.6 Å². The van der Waals surface area contributed by atoms with Gasteiger partial charge in [-0.1, -0.05) is 18.2 Å². The molecule has 0 unspecified atom stereocenters. The second kappa shape index (κ2) is 7.73. The van der Waals surface area contributed by atoms with Gasteiger partial charge in [-0.15, -0.1) is 0 Å². The van der Waals surface area contributed by atoms with Crippen molar-refractivity contribution in [2.75, 3.05) is 24.4 Å². The quantitative estimate of drug-likeness (QED) is 0.528. The number of fused-ring (bicyclic) bond motifs is 2. The Morgan fingerprint density at radius 2 is 1.94 bits per heavy atom. The Hall–Kier alpha value is -3.91. The highest BCUT2D eigenvalue weighted by Crippen LogP contribution is 2.28. The Balaban J connectivity index is 1.31. The molecule has 0 fully saturated rings. The summed E-state index contributed by atoms with van der Waals surface area (Å²) in [5.41, 5.74) is 3.66. The molecule has 0 atom stereocenters. The van der Waals surface area contributed by atoms with Crippen LogP contribution in [0.3, 0.4) is 0 Å². The highest BCUT2D eigenvalue weighted by Gasteiger charge is 2.16. The minimum Gasteiger partial charge on any atom is -0.478 e. The van der Waals surface area contributed by atoms with Gasteiger partial charge < -0.3 is 10.1 Å². The fraction of sp³-hybridized carbons (Fsp3) is 0.174. The van der Waals surface area contributed by atoms with Gasteiger partial charge >= 0.3 is 6.03 Å². The molecule has 2 amide bonds. The van der Waals surface area contributed by atoms with Crippen LogP contribution in [-0.4, -0.2) is 39.5 Å². The summed E-state index contributed by atoms with van der Waals surface area (Å²) >= 11 is 0. The van der Waals surface area contributed by atoms with E-state index >= 15 is 0 Å². The summed E-state index contributed by atoms with van der Waals surface area (Å²) in [6, 6.07) is 15.3. The molecule has 8 heteroatoms. The lowest BCUT2D eigenvalue weighted by molar-refractivity contribution is 0.121. The molecule has 2 aromatic carbocycles. The molecule has 2 N–H and O–H groups in total. The molecule has 0 bridgehead atoms. The number of nitrogens with one attached hydrogen (secondary N) is 2. The summed E-state index contributed by atoms with van der Waals surface area (Å²) in [4.78, 5) is 18.8. The zero-order valence-electron chi connectivity index (χ0n) is 17.3. The number of aromatic nitrogens is 3. The normalized spacial score (nSPS) is 13.5. The smallest absolute Gasteiger partial charge is 0.324 e. The van der Waals surface area contributed by atoms with Crippen LogP contribution >= 0.6 is 0 Å². The van der Waals surface area contributed by atoms with E-state index in [1.165, 1.54) is 0 Å². The standard InChI is InChI=1S/C23H22N6O2/c1-28-13-17-5-6-19(10-21(17)31-14-28)25-23(30)26-22-11-20(29(2)27-22)16-4-3-15-7-8-24-12-18(15)9-16/h3-12H,13-14H2,1-2H3,(H2,25,26,27,30). The number of carbonyl (C=O) groups excluding carboxylic acids is 1. The van der Waals surface area contributed by atoms with Crippen molar-refractivity contribution in [3.05, 3.63) is 66.5 Å². The Morgan fingerprint density at radius 3 is 2.84 bits per heavy atom. The molecule has 1 aliphatic heterocycles. The first-order valence-electron chi connectivity index (χ1n) is 9.96. The molecule has 8 nitrogen and oxygen atoms in total. The maximum atomic E-state index is 12.5. The van der Waals surface area contributed by atoms with Crippen LogP contribution < -0.4 is 15.4 Å². The van der Waals surface area contributed by atoms with Gasteiger partial charge in [0.2, 0.25) is 0 Å². The van der Waals surface area contributed by atoms with Crippen molar-refractivity contribution in [2.45, 2.75) is 6.54 Å². The second-order valence-corrected chi connectivity index (χ2v) is 7.67. The third-order valence-electron chi connectivity index (χ3n) is 5.26. The second-order valence-electron chi connectivity index (χ2n) is 7.67. The highest BCUT2D eigenvalue weighted by molar-refractivity contribution is 5.99. The molecular formula is C23H22N6O2. The predicted molar refractivity (Wildman–Crippen MR) is 120 cm³/mol. The van der Waals surface area contributed by atoms with Gasteiger partial charge in [0, 0.05) is 60.3 Å². The number of carbonyl (C=O) groups is 1. The third kappa shape index (κ3) is 3.93. The number of benzene rings is 2. The van der Waals surface area contributed by atoms with Crippen LogP contribution in [0.25, 0.3) is 22.0 Å². The highest BCUT2D eigenvalue weighted by atomic mass is 16.5. The molecule has 2 aromatic heterocycles. The molecule has 1 aliphatic rings. The van der Waals surface area contributed by atoms with E-state index in [1.807, 2.05) is 56.7 Å². The molecule has 0 saturated carbocycles. The Labute approximate surface area is 179 Å². The number of aryl methyl sites for hydroxylation is 1. The first-order valence-corrected chi connectivity index (χ1v) is 9.96. The van der Waals surface area contributed by atoms with E-state index in [9.17, 15) is 4.79 Å². The Morgan fingerprint density at radius 1 is 1.03 bits per heavy atom. The van der Waals surface area contributed by atoms with E-state index in [2.05, 4.69) is 37.7 Å². The fourth-order valence-corrected chi connectivity index (χ4v) is 3.73. The summed E-state index contributed by atoms with van der Waals surface area (Å²) in [7, 11) is 3.85. The van der Waals surface area contributed by atoms with Crippen LogP contribution in [0.2, 0.25) is 0 Å². The number of ether oxygens (including phenoxy) is 1. The fourth-order valence-electron chi connectivity index (χ4n) is 3.73. The van der Waals surface area contributed by atoms with Crippen molar-refractivity contribution >= 4 is 28.3 Å². The van der Waals surface area contributed by atoms with Gasteiger partial charge in [0.15, 0.2) is 5.82 Å². The summed E-state index contributed by atoms with van der Waals surface area (Å²) in [6.45, 7) is 1.35. The monoisotopic (exact) mass is 414 g/mol. The Kier molecular flexibility index (Phi) is 4.76. The van der Waals surface area contributed by atoms with Crippen LogP contribution in [0.1, 0.15) is 5.56 Å². The van der Waals surface area contributed by atoms with Crippen LogP contribution in [0.15, 0.2) is 60.9 Å². The number of hydrogen-bond donors (Lipinski definition) is 2. The molecule has 0 spiro atoms. The van der Waals surface area contributed by atoms with E-state index in [4.69, 9.17) is 4.74 Å². The number of rotatable bonds is 3. The summed E-state index contributed by atoms with van der Waals surface area (Å²) in [5.74, 6) is 1.26. The topological polar surface area (TPSA) is 84.3 Å². The lowest BCUT2D eigenvalue weighted by Gasteiger charge is -2.25. The van der Waals surface area contributed by atoms with Crippen molar-refractivity contribution in [3.63, 3.8) is 0 Å². The van der Waals surface area contributed by atoms with Crippen molar-refractivity contribution in [3.8, 4) is 17.0 Å². The maximum absolute atomic E-state index is 12.5. The van der Waals surface area contributed by atoms with Crippen molar-refractivity contribution in [2.24, 2.45) is 7.05 Å². The van der Waals surface area contributed by atoms with E-state index < -0.39 is 0 Å². The molecule has 0 radical (unpaired) electrons. The molecule has 0 saturated heterocycles. The minimum atomic E-state index is -0.361. The first-order chi connectivity index (χ1) is 15.0. The SMILES string of the molecule is CN1COc2cc(NC(=O)Nc3cc(-c4ccc5ccncc5c4)n(C)n3)ccc2C1. The number of nitrogens with zero attached hydrogens (tertiary/aromatic N) is 4. The molecule has 156 valence electrons. The number of pyridine rings is 1. The summed E-state index contributed by atoms with van der Waals surface area (Å²) in [5, 5.41) is 12.2. The predicted octanol–water partition coefficient (Wildman–Crippen LogP) is 4.06. The molecule has 4 aromatic rings. The van der Waals surface area contributed by atoms with Gasteiger partial charge in [-0.25, -0.2) is 4.79 Å². The van der Waals surface area contributed by atoms with E-state index in [1.54, 1.807) is 10.9 Å². The lowest BCUT2D eigenvalue weighted by Crippen LogP contribution is -2.28. The van der Waals surface area contributed by atoms with E-state index in [0.29, 0.717) is 18.2 Å². The average molecular weight is 414 g/mol. The Bertz CT molecular complexity index is 1280. The van der Waals surface area contributed by atoms with Gasteiger partial charge in [-0.3, -0.25) is 19.9 Å². The number of amides is 2. The first kappa shape index (κ1) is 19.1. The minimum absolute atomic E-state index is 0.361. The zero-order valence-corrected chi connectivity index (χ0v) is 17.3. The van der Waals surface area contributed by atoms with Gasteiger partial charge in [0.05, 0.1) is 5.69 Å². The largest absolute Gasteiger partial charge is 0.478 e. The average Bonchev–Trinajstić information content (AvgIpc) is 3.13. The number of urea groups is 1. The molecule has 5 rings (SSSR count). The molecule has 31 heavy (non-hydrogen) atoms. The number of hydrogen-bond acceptors (Lipinski definition) is 5. The van der Waals surface area contributed by atoms with Crippen molar-refractivity contribution in [1.29, 1.82) is 0 Å². The molecule has 0 aliphatic carbocycles. The van der Waals surface area contributed by atoms with Crippen LogP contribution in [0.5, 0.6) is 5.75 Å². The summed E-state index contributed by atoms with van der Waals surface area (Å²) in [6.07, 6.45) is 3.61. The van der Waals surface area contributed by atoms with E-state index in [0.717, 1.165) is 39.9 Å². The van der Waals surface area contributed by atoms with Gasteiger partial charge in [0.25, 0.3) is 0 Å². The maximum Gasteiger partial charge on any atom is 0.324 e. The van der Waals surface area contributed by atoms with Gasteiger partial charge in [-0.2, -0.15) is 5.10 Å². The van der Waals surface area contributed by atoms with Gasteiger partial charge in [0.1, 0.15) is 12.5 Å². The lowest BCUT2D eigenvalue weighted by atomic mass is 10.1. The van der Waals surface area contributed by atoms with Crippen molar-refractivity contribution in [1.82, 2.24) is 19.7 Å². The molecule has 3 heterocycles. The van der Waals surface area contributed by atoms with Gasteiger partial charge in [-0.05, 0) is 30.6 Å².